The zero-order chi connectivity index (χ0) is 12.8. The Kier molecular flexibility index (Phi) is 3.01. The highest BCUT2D eigenvalue weighted by Gasteiger charge is 2.49. The van der Waals surface area contributed by atoms with Gasteiger partial charge < -0.3 is 0 Å². The Morgan fingerprint density at radius 2 is 1.94 bits per heavy atom. The quantitative estimate of drug-likeness (QED) is 0.653. The summed E-state index contributed by atoms with van der Waals surface area (Å²) in [4.78, 5) is 24.3. The molecule has 0 heterocycles. The van der Waals surface area contributed by atoms with Gasteiger partial charge in [0.15, 0.2) is 0 Å². The first-order valence-corrected chi connectivity index (χ1v) is 6.69. The van der Waals surface area contributed by atoms with Crippen molar-refractivity contribution in [1.29, 1.82) is 0 Å². The van der Waals surface area contributed by atoms with Crippen molar-refractivity contribution >= 4 is 11.6 Å². The van der Waals surface area contributed by atoms with Gasteiger partial charge in [0, 0.05) is 11.5 Å². The first-order valence-electron chi connectivity index (χ1n) is 6.69. The first-order chi connectivity index (χ1) is 7.88. The van der Waals surface area contributed by atoms with Crippen LogP contribution in [0.5, 0.6) is 0 Å². The van der Waals surface area contributed by atoms with Crippen molar-refractivity contribution < 1.29 is 9.59 Å². The molecule has 2 nitrogen and oxygen atoms in total. The van der Waals surface area contributed by atoms with Gasteiger partial charge in [-0.3, -0.25) is 9.59 Å². The molecule has 0 N–H and O–H groups in total. The number of ketones is 2. The summed E-state index contributed by atoms with van der Waals surface area (Å²) in [5.41, 5.74) is 0.644. The van der Waals surface area contributed by atoms with Crippen LogP contribution in [0.3, 0.4) is 0 Å². The smallest absolute Gasteiger partial charge is 0.224 e. The Hall–Kier alpha value is -0.920. The summed E-state index contributed by atoms with van der Waals surface area (Å²) in [7, 11) is 0. The van der Waals surface area contributed by atoms with Crippen molar-refractivity contribution in [2.75, 3.05) is 0 Å². The summed E-state index contributed by atoms with van der Waals surface area (Å²) in [6.45, 7) is 8.36. The van der Waals surface area contributed by atoms with Gasteiger partial charge in [-0.25, -0.2) is 0 Å². The monoisotopic (exact) mass is 234 g/mol. The number of allylic oxidation sites excluding steroid dienone is 2. The van der Waals surface area contributed by atoms with Gasteiger partial charge in [0.2, 0.25) is 11.6 Å². The van der Waals surface area contributed by atoms with Crippen molar-refractivity contribution in [3.8, 4) is 0 Å². The SMILES string of the molecule is CC(C)C1=C[C@@]2(C)[C@H](CCC[C@@H]2C)C(=O)C1=O. The highest BCUT2D eigenvalue weighted by atomic mass is 16.2. The molecular weight excluding hydrogens is 212 g/mol. The van der Waals surface area contributed by atoms with E-state index in [0.29, 0.717) is 5.92 Å². The van der Waals surface area contributed by atoms with E-state index in [1.54, 1.807) is 0 Å². The fourth-order valence-electron chi connectivity index (χ4n) is 3.38. The average Bonchev–Trinajstić information content (AvgIpc) is 2.26. The molecule has 1 saturated carbocycles. The maximum atomic E-state index is 12.2. The number of hydrogen-bond acceptors (Lipinski definition) is 2. The molecule has 1 fully saturated rings. The lowest BCUT2D eigenvalue weighted by Crippen LogP contribution is -2.47. The molecule has 0 spiro atoms. The molecule has 0 aromatic carbocycles. The third kappa shape index (κ3) is 1.78. The molecule has 0 unspecified atom stereocenters. The van der Waals surface area contributed by atoms with Crippen LogP contribution in [0.4, 0.5) is 0 Å². The van der Waals surface area contributed by atoms with Crippen LogP contribution >= 0.6 is 0 Å². The molecule has 0 aromatic rings. The van der Waals surface area contributed by atoms with E-state index < -0.39 is 0 Å². The maximum Gasteiger partial charge on any atom is 0.224 e. The maximum absolute atomic E-state index is 12.2. The van der Waals surface area contributed by atoms with Crippen molar-refractivity contribution in [2.24, 2.45) is 23.2 Å². The third-order valence-electron chi connectivity index (χ3n) is 4.83. The predicted molar refractivity (Wildman–Crippen MR) is 67.5 cm³/mol. The van der Waals surface area contributed by atoms with E-state index in [2.05, 4.69) is 19.9 Å². The van der Waals surface area contributed by atoms with Crippen LogP contribution in [0.15, 0.2) is 11.6 Å². The Morgan fingerprint density at radius 3 is 2.53 bits per heavy atom. The molecule has 2 aliphatic carbocycles. The van der Waals surface area contributed by atoms with Gasteiger partial charge in [0.05, 0.1) is 0 Å². The average molecular weight is 234 g/mol. The normalized spacial score (nSPS) is 38.1. The minimum atomic E-state index is -0.225. The second-order valence-electron chi connectivity index (χ2n) is 6.20. The van der Waals surface area contributed by atoms with Crippen LogP contribution in [0.2, 0.25) is 0 Å². The number of carbonyl (C=O) groups excluding carboxylic acids is 2. The number of rotatable bonds is 1. The van der Waals surface area contributed by atoms with E-state index in [9.17, 15) is 9.59 Å². The minimum Gasteiger partial charge on any atom is -0.290 e. The minimum absolute atomic E-state index is 0.0683. The summed E-state index contributed by atoms with van der Waals surface area (Å²) in [6, 6.07) is 0. The summed E-state index contributed by atoms with van der Waals surface area (Å²) < 4.78 is 0. The van der Waals surface area contributed by atoms with Crippen LogP contribution in [0.25, 0.3) is 0 Å². The zero-order valence-electron chi connectivity index (χ0n) is 11.2. The van der Waals surface area contributed by atoms with Gasteiger partial charge >= 0.3 is 0 Å². The Labute approximate surface area is 103 Å². The summed E-state index contributed by atoms with van der Waals surface area (Å²) in [6.07, 6.45) is 5.24. The van der Waals surface area contributed by atoms with E-state index in [1.165, 1.54) is 0 Å². The fourth-order valence-corrected chi connectivity index (χ4v) is 3.38. The third-order valence-corrected chi connectivity index (χ3v) is 4.83. The van der Waals surface area contributed by atoms with Crippen LogP contribution < -0.4 is 0 Å². The van der Waals surface area contributed by atoms with Gasteiger partial charge in [-0.2, -0.15) is 0 Å². The Bertz CT molecular complexity index is 392. The van der Waals surface area contributed by atoms with E-state index in [1.807, 2.05) is 13.8 Å². The second kappa shape index (κ2) is 4.08. The highest BCUT2D eigenvalue weighted by molar-refractivity contribution is 6.45. The molecule has 3 atom stereocenters. The molecule has 0 aromatic heterocycles. The molecule has 94 valence electrons. The summed E-state index contributed by atoms with van der Waals surface area (Å²) >= 11 is 0. The van der Waals surface area contributed by atoms with Gasteiger partial charge in [-0.1, -0.05) is 40.2 Å². The topological polar surface area (TPSA) is 34.1 Å². The lowest BCUT2D eigenvalue weighted by molar-refractivity contribution is -0.142. The number of Topliss-reactive ketones (excluding diaryl/α,β-unsaturated/α-hetero) is 2. The number of fused-ring (bicyclic) bond motifs is 1. The Morgan fingerprint density at radius 1 is 1.29 bits per heavy atom. The molecular formula is C15H22O2. The van der Waals surface area contributed by atoms with E-state index in [0.717, 1.165) is 24.8 Å². The van der Waals surface area contributed by atoms with Gasteiger partial charge in [0.25, 0.3) is 0 Å². The van der Waals surface area contributed by atoms with E-state index in [4.69, 9.17) is 0 Å². The van der Waals surface area contributed by atoms with Crippen LogP contribution in [0.1, 0.15) is 47.0 Å². The van der Waals surface area contributed by atoms with Gasteiger partial charge in [0.1, 0.15) is 0 Å². The fraction of sp³-hybridized carbons (Fsp3) is 0.733. The van der Waals surface area contributed by atoms with E-state index in [-0.39, 0.29) is 28.8 Å². The molecule has 0 saturated heterocycles. The summed E-state index contributed by atoms with van der Waals surface area (Å²) in [5.74, 6) is 0.216. The standard InChI is InChI=1S/C15H22O2/c1-9(2)11-8-15(4)10(3)6-5-7-12(15)14(17)13(11)16/h8-10,12H,5-7H2,1-4H3/t10-,12+,15+/m0/s1. The first kappa shape index (κ1) is 12.5. The molecule has 2 rings (SSSR count). The number of carbonyl (C=O) groups is 2. The van der Waals surface area contributed by atoms with Crippen molar-refractivity contribution in [3.05, 3.63) is 11.6 Å². The van der Waals surface area contributed by atoms with Gasteiger partial charge in [-0.15, -0.1) is 0 Å². The zero-order valence-corrected chi connectivity index (χ0v) is 11.2. The van der Waals surface area contributed by atoms with Crippen molar-refractivity contribution in [1.82, 2.24) is 0 Å². The molecule has 0 aliphatic heterocycles. The highest BCUT2D eigenvalue weighted by Crippen LogP contribution is 2.50. The van der Waals surface area contributed by atoms with Gasteiger partial charge in [-0.05, 0) is 30.1 Å². The Balaban J connectivity index is 2.50. The molecule has 17 heavy (non-hydrogen) atoms. The van der Waals surface area contributed by atoms with Crippen molar-refractivity contribution in [3.63, 3.8) is 0 Å². The molecule has 2 aliphatic rings. The molecule has 0 radical (unpaired) electrons. The lowest BCUT2D eigenvalue weighted by Gasteiger charge is -2.46. The largest absolute Gasteiger partial charge is 0.290 e. The second-order valence-corrected chi connectivity index (χ2v) is 6.20. The summed E-state index contributed by atoms with van der Waals surface area (Å²) in [5, 5.41) is 0. The lowest BCUT2D eigenvalue weighted by atomic mass is 9.56. The van der Waals surface area contributed by atoms with Crippen LogP contribution in [-0.2, 0) is 9.59 Å². The molecule has 2 heteroatoms. The molecule has 0 bridgehead atoms. The number of hydrogen-bond donors (Lipinski definition) is 0. The van der Waals surface area contributed by atoms with Crippen LogP contribution in [-0.4, -0.2) is 11.6 Å². The van der Waals surface area contributed by atoms with Crippen LogP contribution in [0, 0.1) is 23.2 Å². The van der Waals surface area contributed by atoms with Crippen molar-refractivity contribution in [2.45, 2.75) is 47.0 Å². The van der Waals surface area contributed by atoms with E-state index >= 15 is 0 Å². The molecule has 0 amide bonds. The predicted octanol–water partition coefficient (Wildman–Crippen LogP) is 3.16.